The van der Waals surface area contributed by atoms with Crippen molar-refractivity contribution in [3.05, 3.63) is 0 Å². The van der Waals surface area contributed by atoms with Gasteiger partial charge in [-0.2, -0.15) is 11.8 Å². The summed E-state index contributed by atoms with van der Waals surface area (Å²) in [5.41, 5.74) is -0.898. The second-order valence-electron chi connectivity index (χ2n) is 5.07. The Balaban J connectivity index is 1.71. The predicted octanol–water partition coefficient (Wildman–Crippen LogP) is -0.262. The van der Waals surface area contributed by atoms with E-state index in [1.807, 2.05) is 18.7 Å². The minimum absolute atomic E-state index is 0.00234. The van der Waals surface area contributed by atoms with Crippen LogP contribution in [0.25, 0.3) is 0 Å². The van der Waals surface area contributed by atoms with E-state index in [0.717, 1.165) is 18.1 Å². The van der Waals surface area contributed by atoms with Gasteiger partial charge < -0.3 is 20.5 Å². The molecular weight excluding hydrogens is 252 g/mol. The van der Waals surface area contributed by atoms with Crippen LogP contribution < -0.4 is 10.6 Å². The molecule has 0 aromatic rings. The molecule has 2 fully saturated rings. The molecule has 6 heteroatoms. The maximum Gasteiger partial charge on any atom is 0.221 e. The molecule has 0 aromatic heterocycles. The van der Waals surface area contributed by atoms with Crippen LogP contribution in [0.3, 0.4) is 0 Å². The number of hydrogen-bond donors (Lipinski definition) is 3. The zero-order valence-electron chi connectivity index (χ0n) is 10.8. The van der Waals surface area contributed by atoms with E-state index in [0.29, 0.717) is 19.4 Å². The molecule has 0 spiro atoms. The van der Waals surface area contributed by atoms with Gasteiger partial charge in [0, 0.05) is 50.1 Å². The monoisotopic (exact) mass is 274 g/mol. The molecule has 0 bridgehead atoms. The Morgan fingerprint density at radius 3 is 3.11 bits per heavy atom. The molecule has 5 nitrogen and oxygen atoms in total. The number of rotatable bonds is 4. The first-order valence-corrected chi connectivity index (χ1v) is 7.67. The highest BCUT2D eigenvalue weighted by Crippen LogP contribution is 2.24. The Morgan fingerprint density at radius 2 is 2.50 bits per heavy atom. The van der Waals surface area contributed by atoms with E-state index in [1.165, 1.54) is 0 Å². The number of aliphatic hydroxyl groups is 1. The minimum Gasteiger partial charge on any atom is -0.385 e. The third-order valence-electron chi connectivity index (χ3n) is 3.68. The number of amides is 1. The van der Waals surface area contributed by atoms with Gasteiger partial charge in [0.1, 0.15) is 5.60 Å². The summed E-state index contributed by atoms with van der Waals surface area (Å²) in [6.07, 6.45) is 0.866. The molecule has 1 amide bonds. The van der Waals surface area contributed by atoms with E-state index in [1.54, 1.807) is 0 Å². The third-order valence-corrected chi connectivity index (χ3v) is 4.81. The van der Waals surface area contributed by atoms with E-state index in [-0.39, 0.29) is 24.6 Å². The number of hydrogen-bond acceptors (Lipinski definition) is 5. The van der Waals surface area contributed by atoms with Gasteiger partial charge in [-0.15, -0.1) is 0 Å². The van der Waals surface area contributed by atoms with E-state index in [9.17, 15) is 9.90 Å². The lowest BCUT2D eigenvalue weighted by Crippen LogP contribution is -2.49. The normalized spacial score (nSPS) is 36.6. The lowest BCUT2D eigenvalue weighted by atomic mass is 9.96. The molecule has 2 aliphatic rings. The van der Waals surface area contributed by atoms with E-state index < -0.39 is 5.60 Å². The molecule has 104 valence electrons. The van der Waals surface area contributed by atoms with Crippen LogP contribution >= 0.6 is 11.8 Å². The van der Waals surface area contributed by atoms with E-state index >= 15 is 0 Å². The first-order chi connectivity index (χ1) is 8.60. The van der Waals surface area contributed by atoms with Crippen LogP contribution in [0.1, 0.15) is 19.8 Å². The van der Waals surface area contributed by atoms with Crippen molar-refractivity contribution in [3.8, 4) is 0 Å². The summed E-state index contributed by atoms with van der Waals surface area (Å²) < 4.78 is 5.33. The van der Waals surface area contributed by atoms with Gasteiger partial charge in [0.25, 0.3) is 0 Å². The van der Waals surface area contributed by atoms with Crippen LogP contribution in [0.2, 0.25) is 0 Å². The first-order valence-electron chi connectivity index (χ1n) is 6.52. The van der Waals surface area contributed by atoms with Gasteiger partial charge >= 0.3 is 0 Å². The topological polar surface area (TPSA) is 70.6 Å². The Labute approximate surface area is 112 Å². The maximum atomic E-state index is 11.8. The van der Waals surface area contributed by atoms with Crippen molar-refractivity contribution in [2.75, 3.05) is 31.2 Å². The lowest BCUT2D eigenvalue weighted by Gasteiger charge is -2.27. The van der Waals surface area contributed by atoms with Crippen molar-refractivity contribution >= 4 is 17.7 Å². The highest BCUT2D eigenvalue weighted by Gasteiger charge is 2.39. The van der Waals surface area contributed by atoms with Crippen LogP contribution in [0.5, 0.6) is 0 Å². The molecule has 0 saturated carbocycles. The highest BCUT2D eigenvalue weighted by atomic mass is 32.2. The summed E-state index contributed by atoms with van der Waals surface area (Å²) in [7, 11) is 0. The van der Waals surface area contributed by atoms with Crippen LogP contribution in [0, 0.1) is 0 Å². The van der Waals surface area contributed by atoms with E-state index in [2.05, 4.69) is 10.6 Å². The summed E-state index contributed by atoms with van der Waals surface area (Å²) >= 11 is 1.88. The second kappa shape index (κ2) is 6.23. The fourth-order valence-corrected chi connectivity index (χ4v) is 3.25. The lowest BCUT2D eigenvalue weighted by molar-refractivity contribution is -0.123. The summed E-state index contributed by atoms with van der Waals surface area (Å²) in [6.45, 7) is 3.66. The van der Waals surface area contributed by atoms with Crippen LogP contribution in [0.4, 0.5) is 0 Å². The zero-order valence-corrected chi connectivity index (χ0v) is 11.6. The summed E-state index contributed by atoms with van der Waals surface area (Å²) in [6, 6.07) is 0.260. The summed E-state index contributed by atoms with van der Waals surface area (Å²) in [5.74, 6) is 2.10. The Bertz CT molecular complexity index is 297. The van der Waals surface area contributed by atoms with E-state index in [4.69, 9.17) is 4.74 Å². The molecule has 2 saturated heterocycles. The average Bonchev–Trinajstić information content (AvgIpc) is 2.69. The SMILES string of the molecule is CC1OCCC1(O)CNC(=O)CC1CSCCN1. The standard InChI is InChI=1S/C12H22N2O3S/c1-9-12(16,2-4-17-9)8-14-11(15)6-10-7-18-5-3-13-10/h9-10,13,16H,2-8H2,1H3,(H,14,15). The Hall–Kier alpha value is -0.300. The van der Waals surface area contributed by atoms with Crippen molar-refractivity contribution in [1.29, 1.82) is 0 Å². The fourth-order valence-electron chi connectivity index (χ4n) is 2.30. The number of carbonyl (C=O) groups is 1. The Morgan fingerprint density at radius 1 is 1.67 bits per heavy atom. The number of nitrogens with one attached hydrogen (secondary N) is 2. The molecular formula is C12H22N2O3S. The van der Waals surface area contributed by atoms with Crippen molar-refractivity contribution in [2.45, 2.75) is 37.5 Å². The summed E-state index contributed by atoms with van der Waals surface area (Å²) in [4.78, 5) is 11.8. The minimum atomic E-state index is -0.898. The molecule has 3 N–H and O–H groups in total. The quantitative estimate of drug-likeness (QED) is 0.659. The van der Waals surface area contributed by atoms with Crippen LogP contribution in [-0.4, -0.2) is 60.0 Å². The van der Waals surface area contributed by atoms with Crippen LogP contribution in [-0.2, 0) is 9.53 Å². The van der Waals surface area contributed by atoms with Crippen molar-refractivity contribution in [1.82, 2.24) is 10.6 Å². The Kier molecular flexibility index (Phi) is 4.89. The van der Waals surface area contributed by atoms with Gasteiger partial charge in [0.05, 0.1) is 6.10 Å². The third kappa shape index (κ3) is 3.60. The molecule has 3 atom stereocenters. The molecule has 0 radical (unpaired) electrons. The van der Waals surface area contributed by atoms with Gasteiger partial charge in [-0.3, -0.25) is 4.79 Å². The average molecular weight is 274 g/mol. The van der Waals surface area contributed by atoms with Crippen molar-refractivity contribution in [2.24, 2.45) is 0 Å². The van der Waals surface area contributed by atoms with Gasteiger partial charge in [0.15, 0.2) is 0 Å². The van der Waals surface area contributed by atoms with Crippen molar-refractivity contribution in [3.63, 3.8) is 0 Å². The molecule has 2 heterocycles. The molecule has 0 aliphatic carbocycles. The first kappa shape index (κ1) is 14.1. The number of thioether (sulfide) groups is 1. The zero-order chi connectivity index (χ0) is 13.0. The van der Waals surface area contributed by atoms with Gasteiger partial charge in [-0.25, -0.2) is 0 Å². The largest absolute Gasteiger partial charge is 0.385 e. The predicted molar refractivity (Wildman–Crippen MR) is 71.7 cm³/mol. The fraction of sp³-hybridized carbons (Fsp3) is 0.917. The molecule has 2 aliphatic heterocycles. The second-order valence-corrected chi connectivity index (χ2v) is 6.22. The van der Waals surface area contributed by atoms with Gasteiger partial charge in [0.2, 0.25) is 5.91 Å². The molecule has 0 aromatic carbocycles. The molecule has 3 unspecified atom stereocenters. The van der Waals surface area contributed by atoms with Crippen molar-refractivity contribution < 1.29 is 14.6 Å². The highest BCUT2D eigenvalue weighted by molar-refractivity contribution is 7.99. The van der Waals surface area contributed by atoms with Crippen LogP contribution in [0.15, 0.2) is 0 Å². The van der Waals surface area contributed by atoms with Gasteiger partial charge in [-0.1, -0.05) is 0 Å². The van der Waals surface area contributed by atoms with Gasteiger partial charge in [-0.05, 0) is 6.92 Å². The number of carbonyl (C=O) groups excluding carboxylic acids is 1. The summed E-state index contributed by atoms with van der Waals surface area (Å²) in [5, 5.41) is 16.4. The smallest absolute Gasteiger partial charge is 0.221 e. The molecule has 2 rings (SSSR count). The molecule has 18 heavy (non-hydrogen) atoms. The maximum absolute atomic E-state index is 11.8. The number of ether oxygens (including phenoxy) is 1.